The van der Waals surface area contributed by atoms with Crippen LogP contribution in [0.4, 0.5) is 0 Å². The number of halogens is 1. The van der Waals surface area contributed by atoms with Gasteiger partial charge in [0.25, 0.3) is 0 Å². The number of nitrogens with zero attached hydrogens (tertiary/aromatic N) is 2. The number of sulfone groups is 1. The molecule has 1 saturated carbocycles. The molecule has 8 heteroatoms. The highest BCUT2D eigenvalue weighted by molar-refractivity contribution is 7.90. The van der Waals surface area contributed by atoms with E-state index in [1.807, 2.05) is 17.0 Å². The van der Waals surface area contributed by atoms with Gasteiger partial charge >= 0.3 is 0 Å². The molecule has 29 heavy (non-hydrogen) atoms. The fraction of sp³-hybridized carbons (Fsp3) is 0.667. The van der Waals surface area contributed by atoms with Gasteiger partial charge in [-0.25, -0.2) is 8.42 Å². The summed E-state index contributed by atoms with van der Waals surface area (Å²) < 4.78 is 24.1. The minimum Gasteiger partial charge on any atom is -0.340 e. The van der Waals surface area contributed by atoms with Crippen molar-refractivity contribution in [3.63, 3.8) is 0 Å². The number of hydrogen-bond donors (Lipinski definition) is 1. The largest absolute Gasteiger partial charge is 0.340 e. The van der Waals surface area contributed by atoms with E-state index in [1.165, 1.54) is 12.7 Å². The molecule has 1 aliphatic carbocycles. The highest BCUT2D eigenvalue weighted by Gasteiger charge is 2.36. The van der Waals surface area contributed by atoms with E-state index in [9.17, 15) is 13.2 Å². The van der Waals surface area contributed by atoms with Crippen LogP contribution in [-0.4, -0.2) is 67.5 Å². The maximum absolute atomic E-state index is 12.9. The molecular formula is C21H32ClN3O3S. The quantitative estimate of drug-likeness (QED) is 0.702. The molecule has 2 fully saturated rings. The highest BCUT2D eigenvalue weighted by atomic mass is 35.5. The molecule has 0 radical (unpaired) electrons. The molecule has 6 nitrogen and oxygen atoms in total. The molecule has 2 aliphatic rings. The lowest BCUT2D eigenvalue weighted by Gasteiger charge is -2.38. The maximum Gasteiger partial charge on any atom is 0.239 e. The third-order valence-corrected chi connectivity index (χ3v) is 7.08. The van der Waals surface area contributed by atoms with Crippen LogP contribution in [0.3, 0.4) is 0 Å². The van der Waals surface area contributed by atoms with Crippen molar-refractivity contribution < 1.29 is 13.2 Å². The lowest BCUT2D eigenvalue weighted by molar-refractivity contribution is -0.131. The van der Waals surface area contributed by atoms with Gasteiger partial charge in [0, 0.05) is 36.5 Å². The number of rotatable bonds is 7. The molecule has 2 unspecified atom stereocenters. The number of carbonyl (C=O) groups is 1. The Kier molecular flexibility index (Phi) is 7.59. The van der Waals surface area contributed by atoms with Crippen molar-refractivity contribution in [2.75, 3.05) is 25.2 Å². The van der Waals surface area contributed by atoms with E-state index in [1.54, 1.807) is 12.1 Å². The van der Waals surface area contributed by atoms with E-state index in [4.69, 9.17) is 17.3 Å². The monoisotopic (exact) mass is 441 g/mol. The molecule has 1 aromatic carbocycles. The zero-order chi connectivity index (χ0) is 21.0. The second-order valence-corrected chi connectivity index (χ2v) is 11.1. The lowest BCUT2D eigenvalue weighted by Crippen LogP contribution is -2.49. The fourth-order valence-corrected chi connectivity index (χ4v) is 5.69. The molecular weight excluding hydrogens is 410 g/mol. The first-order valence-corrected chi connectivity index (χ1v) is 12.9. The Hall–Kier alpha value is -1.15. The minimum absolute atomic E-state index is 0.0644. The predicted octanol–water partition coefficient (Wildman–Crippen LogP) is 2.45. The van der Waals surface area contributed by atoms with Gasteiger partial charge in [-0.3, -0.25) is 9.69 Å². The van der Waals surface area contributed by atoms with Crippen molar-refractivity contribution in [2.24, 2.45) is 5.73 Å². The van der Waals surface area contributed by atoms with Crippen LogP contribution in [0, 0.1) is 0 Å². The maximum atomic E-state index is 12.9. The third kappa shape index (κ3) is 6.41. The van der Waals surface area contributed by atoms with Crippen LogP contribution >= 0.6 is 11.6 Å². The third-order valence-electron chi connectivity index (χ3n) is 6.06. The number of amides is 1. The van der Waals surface area contributed by atoms with Crippen LogP contribution in [0.1, 0.15) is 44.1 Å². The zero-order valence-electron chi connectivity index (χ0n) is 17.1. The molecule has 3 rings (SSSR count). The Balaban J connectivity index is 1.62. The molecule has 0 bridgehead atoms. The summed E-state index contributed by atoms with van der Waals surface area (Å²) in [6, 6.07) is 7.15. The van der Waals surface area contributed by atoms with Crippen molar-refractivity contribution in [3.8, 4) is 0 Å². The summed E-state index contributed by atoms with van der Waals surface area (Å²) in [4.78, 5) is 16.8. The molecule has 2 atom stereocenters. The van der Waals surface area contributed by atoms with Crippen LogP contribution in [0.5, 0.6) is 0 Å². The molecule has 1 heterocycles. The van der Waals surface area contributed by atoms with Crippen LogP contribution < -0.4 is 5.73 Å². The summed E-state index contributed by atoms with van der Waals surface area (Å²) in [7, 11) is -3.12. The molecule has 1 aromatic rings. The van der Waals surface area contributed by atoms with Gasteiger partial charge in [0.2, 0.25) is 5.91 Å². The van der Waals surface area contributed by atoms with Gasteiger partial charge in [0.15, 0.2) is 9.84 Å². The van der Waals surface area contributed by atoms with Crippen LogP contribution in [0.15, 0.2) is 24.3 Å². The Morgan fingerprint density at radius 3 is 2.45 bits per heavy atom. The Bertz CT molecular complexity index is 794. The summed E-state index contributed by atoms with van der Waals surface area (Å²) in [5.41, 5.74) is 7.18. The van der Waals surface area contributed by atoms with E-state index in [0.29, 0.717) is 30.6 Å². The lowest BCUT2D eigenvalue weighted by atomic mass is 9.93. The first-order chi connectivity index (χ1) is 13.7. The van der Waals surface area contributed by atoms with Crippen molar-refractivity contribution in [3.05, 3.63) is 34.9 Å². The van der Waals surface area contributed by atoms with Crippen molar-refractivity contribution in [1.82, 2.24) is 9.80 Å². The number of carbonyl (C=O) groups excluding carboxylic acids is 1. The van der Waals surface area contributed by atoms with E-state index >= 15 is 0 Å². The summed E-state index contributed by atoms with van der Waals surface area (Å²) in [6.07, 6.45) is 8.14. The van der Waals surface area contributed by atoms with Crippen LogP contribution in [0.2, 0.25) is 5.02 Å². The highest BCUT2D eigenvalue weighted by Crippen LogP contribution is 2.28. The van der Waals surface area contributed by atoms with Crippen LogP contribution in [-0.2, 0) is 21.1 Å². The molecule has 1 saturated heterocycles. The molecule has 0 aromatic heterocycles. The van der Waals surface area contributed by atoms with Gasteiger partial charge in [0.05, 0.1) is 6.04 Å². The first kappa shape index (κ1) is 22.5. The van der Waals surface area contributed by atoms with Gasteiger partial charge in [-0.2, -0.15) is 0 Å². The number of nitrogens with two attached hydrogens (primary N) is 1. The summed E-state index contributed by atoms with van der Waals surface area (Å²) in [6.45, 7) is 1.18. The van der Waals surface area contributed by atoms with Crippen molar-refractivity contribution in [1.29, 1.82) is 0 Å². The van der Waals surface area contributed by atoms with Crippen molar-refractivity contribution >= 4 is 27.3 Å². The van der Waals surface area contributed by atoms with E-state index < -0.39 is 15.9 Å². The minimum atomic E-state index is -3.12. The van der Waals surface area contributed by atoms with Crippen molar-refractivity contribution in [2.45, 2.75) is 63.1 Å². The molecule has 2 N–H and O–H groups in total. The second-order valence-electron chi connectivity index (χ2n) is 8.52. The molecule has 0 spiro atoms. The second kappa shape index (κ2) is 9.77. The molecule has 1 aliphatic heterocycles. The molecule has 1 amide bonds. The van der Waals surface area contributed by atoms with E-state index in [0.717, 1.165) is 37.7 Å². The summed E-state index contributed by atoms with van der Waals surface area (Å²) >= 11 is 5.92. The van der Waals surface area contributed by atoms with Crippen LogP contribution in [0.25, 0.3) is 0 Å². The predicted molar refractivity (Wildman–Crippen MR) is 117 cm³/mol. The molecule has 162 valence electrons. The fourth-order valence-electron chi connectivity index (χ4n) is 4.60. The van der Waals surface area contributed by atoms with Gasteiger partial charge in [-0.15, -0.1) is 0 Å². The topological polar surface area (TPSA) is 83.7 Å². The standard InChI is InChI=1S/C21H32ClN3O3S/c1-29(27,28)15-25(18-5-3-2-4-6-18)19-11-12-24(14-19)21(26)20(23)13-16-7-9-17(22)10-8-16/h7-10,18-20H,2-6,11-15,23H2,1H3. The normalized spacial score (nSPS) is 22.2. The zero-order valence-corrected chi connectivity index (χ0v) is 18.7. The van der Waals surface area contributed by atoms with E-state index in [-0.39, 0.29) is 17.8 Å². The Morgan fingerprint density at radius 2 is 1.83 bits per heavy atom. The SMILES string of the molecule is CS(=O)(=O)CN(C1CCCCC1)C1CCN(C(=O)C(N)Cc2ccc(Cl)cc2)C1. The smallest absolute Gasteiger partial charge is 0.239 e. The van der Waals surface area contributed by atoms with Gasteiger partial charge in [0.1, 0.15) is 5.88 Å². The number of benzene rings is 1. The average Bonchev–Trinajstić information content (AvgIpc) is 3.17. The number of likely N-dealkylation sites (tertiary alicyclic amines) is 1. The summed E-state index contributed by atoms with van der Waals surface area (Å²) in [5.74, 6) is 0.00618. The Morgan fingerprint density at radius 1 is 1.17 bits per heavy atom. The van der Waals surface area contributed by atoms with Gasteiger partial charge in [-0.1, -0.05) is 43.0 Å². The Labute approximate surface area is 179 Å². The average molecular weight is 442 g/mol. The van der Waals surface area contributed by atoms with E-state index in [2.05, 4.69) is 4.90 Å². The number of hydrogen-bond acceptors (Lipinski definition) is 5. The van der Waals surface area contributed by atoms with Gasteiger partial charge < -0.3 is 10.6 Å². The summed E-state index contributed by atoms with van der Waals surface area (Å²) in [5, 5.41) is 0.657. The van der Waals surface area contributed by atoms with Gasteiger partial charge in [-0.05, 0) is 43.4 Å². The first-order valence-electron chi connectivity index (χ1n) is 10.5.